The van der Waals surface area contributed by atoms with Gasteiger partial charge in [-0.05, 0) is 86.7 Å². The van der Waals surface area contributed by atoms with Gasteiger partial charge in [0.15, 0.2) is 5.75 Å². The van der Waals surface area contributed by atoms with Crippen LogP contribution in [0.15, 0.2) is 35.9 Å². The Morgan fingerprint density at radius 3 is 2.58 bits per heavy atom. The van der Waals surface area contributed by atoms with Crippen molar-refractivity contribution in [3.05, 3.63) is 41.5 Å². The van der Waals surface area contributed by atoms with Gasteiger partial charge in [-0.2, -0.15) is 0 Å². The van der Waals surface area contributed by atoms with Crippen LogP contribution in [0.3, 0.4) is 0 Å². The van der Waals surface area contributed by atoms with Crippen LogP contribution in [0.25, 0.3) is 0 Å². The number of carbonyl (C=O) groups is 3. The van der Waals surface area contributed by atoms with Crippen LogP contribution in [0.5, 0.6) is 11.5 Å². The Labute approximate surface area is 236 Å². The van der Waals surface area contributed by atoms with Gasteiger partial charge in [-0.3, -0.25) is 14.4 Å². The van der Waals surface area contributed by atoms with Gasteiger partial charge in [0.05, 0.1) is 19.2 Å². The van der Waals surface area contributed by atoms with Crippen molar-refractivity contribution >= 4 is 23.5 Å². The van der Waals surface area contributed by atoms with E-state index in [0.29, 0.717) is 17.8 Å². The second-order valence-electron chi connectivity index (χ2n) is 12.7. The van der Waals surface area contributed by atoms with E-state index in [1.54, 1.807) is 5.57 Å². The third kappa shape index (κ3) is 4.79. The summed E-state index contributed by atoms with van der Waals surface area (Å²) in [6.07, 6.45) is 10.9. The number of methoxy groups -OCH3 is 1. The Kier molecular flexibility index (Phi) is 7.48. The molecule has 8 nitrogen and oxygen atoms in total. The van der Waals surface area contributed by atoms with Gasteiger partial charge in [0.25, 0.3) is 5.91 Å². The highest BCUT2D eigenvalue weighted by molar-refractivity contribution is 6.02. The van der Waals surface area contributed by atoms with Crippen molar-refractivity contribution in [2.75, 3.05) is 12.4 Å². The first-order valence-electron chi connectivity index (χ1n) is 14.6. The standard InChI is InChI=1S/C32H42N2O6/c1-18-13-15-31(2)19(17-18)5-6-20-21-7-10-25(32(21,3)16-14-22(20)31)40-27(36)12-11-26(35)34-23-8-9-24(39-4)28(29(23)37)30(33)38/h8-9,17,20-22,25,37H,1,5-7,10-16H2,2-4H3,(H2,33,38)(H,34,35). The molecule has 8 heteroatoms. The zero-order chi connectivity index (χ0) is 28.8. The molecule has 4 aliphatic rings. The van der Waals surface area contributed by atoms with E-state index in [2.05, 4.69) is 31.8 Å². The first-order valence-corrected chi connectivity index (χ1v) is 14.6. The van der Waals surface area contributed by atoms with Gasteiger partial charge < -0.3 is 25.6 Å². The van der Waals surface area contributed by atoms with Crippen molar-refractivity contribution in [3.8, 4) is 11.5 Å². The smallest absolute Gasteiger partial charge is 0.306 e. The Hall–Kier alpha value is -3.29. The molecule has 4 aliphatic carbocycles. The van der Waals surface area contributed by atoms with Gasteiger partial charge in [0.1, 0.15) is 17.4 Å². The van der Waals surface area contributed by atoms with E-state index in [4.69, 9.17) is 15.2 Å². The number of hydrogen-bond acceptors (Lipinski definition) is 6. The molecule has 6 atom stereocenters. The maximum atomic E-state index is 12.9. The number of benzene rings is 1. The van der Waals surface area contributed by atoms with Gasteiger partial charge in [-0.1, -0.05) is 37.6 Å². The van der Waals surface area contributed by atoms with Crippen molar-refractivity contribution in [3.63, 3.8) is 0 Å². The van der Waals surface area contributed by atoms with Crippen LogP contribution in [-0.4, -0.2) is 36.1 Å². The fourth-order valence-corrected chi connectivity index (χ4v) is 8.52. The summed E-state index contributed by atoms with van der Waals surface area (Å²) in [5.41, 5.74) is 8.25. The van der Waals surface area contributed by atoms with Crippen LogP contribution >= 0.6 is 0 Å². The number of phenols is 1. The maximum absolute atomic E-state index is 12.9. The van der Waals surface area contributed by atoms with Gasteiger partial charge in [0, 0.05) is 11.8 Å². The normalized spacial score (nSPS) is 32.7. The number of ether oxygens (including phenoxy) is 2. The van der Waals surface area contributed by atoms with Crippen molar-refractivity contribution in [2.45, 2.75) is 84.2 Å². The van der Waals surface area contributed by atoms with E-state index >= 15 is 0 Å². The minimum atomic E-state index is -0.879. The highest BCUT2D eigenvalue weighted by atomic mass is 16.5. The van der Waals surface area contributed by atoms with Crippen LogP contribution in [0.1, 0.15) is 88.4 Å². The number of esters is 1. The molecule has 1 aromatic rings. The Balaban J connectivity index is 1.18. The van der Waals surface area contributed by atoms with Gasteiger partial charge in [0.2, 0.25) is 5.91 Å². The number of fused-ring (bicyclic) bond motifs is 5. The second kappa shape index (κ2) is 10.6. The first-order chi connectivity index (χ1) is 19.0. The lowest BCUT2D eigenvalue weighted by atomic mass is 9.47. The van der Waals surface area contributed by atoms with E-state index in [1.165, 1.54) is 37.7 Å². The number of nitrogens with one attached hydrogen (secondary N) is 1. The molecule has 0 aromatic heterocycles. The molecular formula is C32H42N2O6. The molecule has 216 valence electrons. The molecule has 0 bridgehead atoms. The molecule has 0 radical (unpaired) electrons. The molecule has 0 saturated heterocycles. The lowest BCUT2D eigenvalue weighted by molar-refractivity contribution is -0.160. The topological polar surface area (TPSA) is 128 Å². The Morgan fingerprint density at radius 1 is 1.07 bits per heavy atom. The summed E-state index contributed by atoms with van der Waals surface area (Å²) in [7, 11) is 1.35. The third-order valence-electron chi connectivity index (χ3n) is 10.7. The monoisotopic (exact) mass is 550 g/mol. The summed E-state index contributed by atoms with van der Waals surface area (Å²) < 4.78 is 11.1. The summed E-state index contributed by atoms with van der Waals surface area (Å²) in [4.78, 5) is 37.2. The second-order valence-corrected chi connectivity index (χ2v) is 12.7. The zero-order valence-electron chi connectivity index (χ0n) is 23.9. The molecule has 0 spiro atoms. The molecule has 1 aromatic carbocycles. The molecule has 4 N–H and O–H groups in total. The van der Waals surface area contributed by atoms with Crippen LogP contribution in [0.4, 0.5) is 5.69 Å². The van der Waals surface area contributed by atoms with Crippen molar-refractivity contribution in [2.24, 2.45) is 34.3 Å². The van der Waals surface area contributed by atoms with Crippen LogP contribution in [0, 0.1) is 28.6 Å². The number of amides is 2. The average Bonchev–Trinajstić information content (AvgIpc) is 3.24. The van der Waals surface area contributed by atoms with E-state index in [1.807, 2.05) is 0 Å². The van der Waals surface area contributed by atoms with E-state index < -0.39 is 17.6 Å². The van der Waals surface area contributed by atoms with E-state index in [0.717, 1.165) is 38.5 Å². The molecule has 0 heterocycles. The first kappa shape index (κ1) is 28.2. The van der Waals surface area contributed by atoms with Crippen LogP contribution in [0.2, 0.25) is 0 Å². The van der Waals surface area contributed by atoms with Crippen molar-refractivity contribution < 1.29 is 29.0 Å². The number of anilines is 1. The molecule has 40 heavy (non-hydrogen) atoms. The van der Waals surface area contributed by atoms with Crippen LogP contribution < -0.4 is 15.8 Å². The molecule has 5 rings (SSSR count). The minimum absolute atomic E-state index is 0.0253. The molecule has 0 aliphatic heterocycles. The van der Waals surface area contributed by atoms with E-state index in [-0.39, 0.29) is 52.7 Å². The third-order valence-corrected chi connectivity index (χ3v) is 10.7. The molecule has 3 saturated carbocycles. The number of allylic oxidation sites excluding steroid dienone is 3. The molecular weight excluding hydrogens is 508 g/mol. The summed E-state index contributed by atoms with van der Waals surface area (Å²) >= 11 is 0. The summed E-state index contributed by atoms with van der Waals surface area (Å²) in [5.74, 6) is -0.214. The number of primary amides is 1. The maximum Gasteiger partial charge on any atom is 0.306 e. The van der Waals surface area contributed by atoms with Crippen molar-refractivity contribution in [1.29, 1.82) is 0 Å². The number of rotatable bonds is 7. The minimum Gasteiger partial charge on any atom is -0.505 e. The molecule has 2 amide bonds. The molecule has 3 fully saturated rings. The number of hydrogen-bond donors (Lipinski definition) is 3. The fraction of sp³-hybridized carbons (Fsp3) is 0.594. The van der Waals surface area contributed by atoms with E-state index in [9.17, 15) is 19.5 Å². The van der Waals surface area contributed by atoms with Crippen molar-refractivity contribution in [1.82, 2.24) is 0 Å². The van der Waals surface area contributed by atoms with Gasteiger partial charge >= 0.3 is 5.97 Å². The lowest BCUT2D eigenvalue weighted by Gasteiger charge is -2.58. The SMILES string of the molecule is C=C1C=C2CCC3C(CCC4(C)C(OC(=O)CCC(=O)Nc5ccc(OC)c(C(N)=O)c5O)CCC34)C2(C)CC1. The number of aromatic hydroxyl groups is 1. The molecule has 6 unspecified atom stereocenters. The predicted molar refractivity (Wildman–Crippen MR) is 152 cm³/mol. The largest absolute Gasteiger partial charge is 0.505 e. The summed E-state index contributed by atoms with van der Waals surface area (Å²) in [6.45, 7) is 9.01. The fourth-order valence-electron chi connectivity index (χ4n) is 8.52. The van der Waals surface area contributed by atoms with Gasteiger partial charge in [-0.25, -0.2) is 0 Å². The lowest BCUT2D eigenvalue weighted by Crippen LogP contribution is -2.51. The predicted octanol–water partition coefficient (Wildman–Crippen LogP) is 5.65. The number of nitrogens with two attached hydrogens (primary N) is 1. The summed E-state index contributed by atoms with van der Waals surface area (Å²) in [5, 5.41) is 13.0. The Morgan fingerprint density at radius 2 is 1.85 bits per heavy atom. The average molecular weight is 551 g/mol. The highest BCUT2D eigenvalue weighted by Crippen LogP contribution is 2.66. The quantitative estimate of drug-likeness (QED) is 0.297. The highest BCUT2D eigenvalue weighted by Gasteiger charge is 2.59. The number of carbonyl (C=O) groups excluding carboxylic acids is 3. The Bertz CT molecular complexity index is 1270. The zero-order valence-corrected chi connectivity index (χ0v) is 23.9. The van der Waals surface area contributed by atoms with Gasteiger partial charge in [-0.15, -0.1) is 0 Å². The summed E-state index contributed by atoms with van der Waals surface area (Å²) in [6, 6.07) is 2.85. The van der Waals surface area contributed by atoms with Crippen LogP contribution in [-0.2, 0) is 14.3 Å².